The molecule has 0 spiro atoms. The minimum absolute atomic E-state index is 0.00190. The van der Waals surface area contributed by atoms with E-state index in [1.54, 1.807) is 24.3 Å². The number of aliphatic imine (C=N–C) groups is 1. The Hall–Kier alpha value is -7.41. The number of ether oxygens (including phenoxy) is 1. The zero-order valence-corrected chi connectivity index (χ0v) is 43.7. The fourth-order valence-corrected chi connectivity index (χ4v) is 10.1. The fourth-order valence-electron chi connectivity index (χ4n) is 7.78. The minimum atomic E-state index is -1.85. The summed E-state index contributed by atoms with van der Waals surface area (Å²) in [5, 5.41) is 29.5. The normalized spacial score (nSPS) is 24.2. The Morgan fingerprint density at radius 3 is 1.96 bits per heavy atom. The van der Waals surface area contributed by atoms with Crippen LogP contribution in [0, 0.1) is 0 Å². The lowest BCUT2D eigenvalue weighted by atomic mass is 10.0. The van der Waals surface area contributed by atoms with E-state index in [4.69, 9.17) is 33.4 Å². The number of hydrogen-bond donors (Lipinski definition) is 14. The number of amides is 11. The maximum atomic E-state index is 14.3. The van der Waals surface area contributed by atoms with Gasteiger partial charge < -0.3 is 85.9 Å². The van der Waals surface area contributed by atoms with Crippen LogP contribution in [0.25, 0.3) is 0 Å². The number of carboxylic acids is 1. The molecule has 0 radical (unpaired) electrons. The monoisotopic (exact) mass is 1110 g/mol. The van der Waals surface area contributed by atoms with Crippen molar-refractivity contribution in [3.05, 3.63) is 29.8 Å². The molecule has 0 unspecified atom stereocenters. The summed E-state index contributed by atoms with van der Waals surface area (Å²) in [5.41, 5.74) is 28.3. The van der Waals surface area contributed by atoms with E-state index in [9.17, 15) is 62.6 Å². The number of hydrogen-bond acceptors (Lipinski definition) is 17. The molecule has 1 aromatic carbocycles. The molecule has 0 aliphatic carbocycles. The van der Waals surface area contributed by atoms with Gasteiger partial charge in [-0.3, -0.25) is 62.5 Å². The van der Waals surface area contributed by atoms with Crippen LogP contribution in [0.1, 0.15) is 70.3 Å². The standard InChI is InChI=1S/C45H69N15O14S2/c1-23(61)53-32-22-76-75-21-31(37(48)66)59-39(68)27(8-5-15-51-45(49)50)55-40(69)28(17-24-10-12-25(74-2)13-11-24)57-41(70)29(19-36(64)65)54-35(63)20-52-38(67)26(7-3-4-14-46)56-43(72)33-9-6-16-60(33)44(73)30(18-34(47)62)58-42(32)71/h10-13,26-33H,3-9,14-22,46H2,1-2H3,(H2,47,62)(H2,48,66)(H,52,67)(H,53,61)(H,54,63)(H,55,69)(H,56,72)(H,57,70)(H,58,71)(H,59,68)(H,64,65)(H4,49,50,51)/t26-,27-,28+,29-,30-,31-,32-,33+/m1/s1. The lowest BCUT2D eigenvalue weighted by molar-refractivity contribution is -0.143. The number of nitrogens with one attached hydrogen (secondary N) is 8. The van der Waals surface area contributed by atoms with Crippen molar-refractivity contribution in [3.63, 3.8) is 0 Å². The van der Waals surface area contributed by atoms with Crippen LogP contribution in [-0.2, 0) is 64.0 Å². The number of carbonyl (C=O) groups is 12. The first-order valence-corrected chi connectivity index (χ1v) is 26.6. The summed E-state index contributed by atoms with van der Waals surface area (Å²) >= 11 is 0. The first-order valence-electron chi connectivity index (χ1n) is 24.1. The second kappa shape index (κ2) is 32.1. The van der Waals surface area contributed by atoms with Crippen molar-refractivity contribution < 1.29 is 67.4 Å². The second-order valence-electron chi connectivity index (χ2n) is 17.6. The van der Waals surface area contributed by atoms with E-state index in [1.165, 1.54) is 7.11 Å². The lowest BCUT2D eigenvalue weighted by Gasteiger charge is -2.30. The summed E-state index contributed by atoms with van der Waals surface area (Å²) in [6.45, 7) is 0.482. The third-order valence-electron chi connectivity index (χ3n) is 11.6. The van der Waals surface area contributed by atoms with E-state index in [-0.39, 0.29) is 69.2 Å². The van der Waals surface area contributed by atoms with Gasteiger partial charge in [0.2, 0.25) is 65.0 Å². The number of rotatable bonds is 17. The van der Waals surface area contributed by atoms with Crippen molar-refractivity contribution in [2.45, 2.75) is 119 Å². The summed E-state index contributed by atoms with van der Waals surface area (Å²) < 4.78 is 5.22. The highest BCUT2D eigenvalue weighted by molar-refractivity contribution is 8.76. The van der Waals surface area contributed by atoms with E-state index in [0.717, 1.165) is 33.4 Å². The van der Waals surface area contributed by atoms with Crippen LogP contribution in [0.4, 0.5) is 0 Å². The zero-order valence-electron chi connectivity index (χ0n) is 42.1. The maximum Gasteiger partial charge on any atom is 0.305 e. The number of carboxylic acid groups (broad SMARTS) is 1. The smallest absolute Gasteiger partial charge is 0.305 e. The Morgan fingerprint density at radius 1 is 0.737 bits per heavy atom. The molecule has 1 aromatic rings. The molecule has 0 saturated carbocycles. The quantitative estimate of drug-likeness (QED) is 0.0299. The van der Waals surface area contributed by atoms with Gasteiger partial charge in [-0.05, 0) is 69.2 Å². The number of primary amides is 2. The molecule has 8 atom stereocenters. The molecule has 420 valence electrons. The number of benzene rings is 1. The summed E-state index contributed by atoms with van der Waals surface area (Å²) in [4.78, 5) is 166. The molecule has 2 saturated heterocycles. The lowest BCUT2D eigenvalue weighted by Crippen LogP contribution is -2.59. The molecule has 0 bridgehead atoms. The van der Waals surface area contributed by atoms with Crippen molar-refractivity contribution in [1.29, 1.82) is 0 Å². The Balaban J connectivity index is 2.11. The molecule has 19 N–H and O–H groups in total. The average Bonchev–Trinajstić information content (AvgIpc) is 3.85. The van der Waals surface area contributed by atoms with Crippen LogP contribution in [0.2, 0.25) is 0 Å². The molecule has 31 heteroatoms. The second-order valence-corrected chi connectivity index (χ2v) is 20.2. The Labute approximate surface area is 445 Å². The molecule has 2 fully saturated rings. The molecular weight excluding hydrogens is 1040 g/mol. The first-order chi connectivity index (χ1) is 36.0. The van der Waals surface area contributed by atoms with E-state index in [2.05, 4.69) is 47.5 Å². The van der Waals surface area contributed by atoms with Crippen LogP contribution < -0.4 is 75.9 Å². The van der Waals surface area contributed by atoms with E-state index in [1.807, 2.05) is 0 Å². The van der Waals surface area contributed by atoms with Gasteiger partial charge in [-0.25, -0.2) is 0 Å². The third-order valence-corrected chi connectivity index (χ3v) is 14.0. The summed E-state index contributed by atoms with van der Waals surface area (Å²) in [5.74, 6) is -12.1. The number of guanidine groups is 1. The average molecular weight is 1110 g/mol. The highest BCUT2D eigenvalue weighted by Crippen LogP contribution is 2.24. The first kappa shape index (κ1) is 62.9. The third kappa shape index (κ3) is 21.8. The van der Waals surface area contributed by atoms with Gasteiger partial charge in [0.05, 0.1) is 26.5 Å². The molecular formula is C45H69N15O14S2. The number of unbranched alkanes of at least 4 members (excludes halogenated alkanes) is 1. The van der Waals surface area contributed by atoms with Crippen LogP contribution in [0.3, 0.4) is 0 Å². The van der Waals surface area contributed by atoms with Crippen molar-refractivity contribution in [3.8, 4) is 5.75 Å². The van der Waals surface area contributed by atoms with Crippen LogP contribution in [-0.4, -0.2) is 180 Å². The van der Waals surface area contributed by atoms with Gasteiger partial charge in [-0.1, -0.05) is 33.7 Å². The largest absolute Gasteiger partial charge is 0.497 e. The number of carbonyl (C=O) groups excluding carboxylic acids is 11. The Morgan fingerprint density at radius 2 is 1.34 bits per heavy atom. The Kier molecular flexibility index (Phi) is 26.6. The molecule has 2 heterocycles. The zero-order chi connectivity index (χ0) is 56.5. The molecule has 29 nitrogen and oxygen atoms in total. The van der Waals surface area contributed by atoms with Gasteiger partial charge in [-0.15, -0.1) is 0 Å². The van der Waals surface area contributed by atoms with Crippen molar-refractivity contribution >= 4 is 98.5 Å². The van der Waals surface area contributed by atoms with Crippen molar-refractivity contribution in [1.82, 2.24) is 47.4 Å². The predicted octanol–water partition coefficient (Wildman–Crippen LogP) is -5.83. The molecule has 11 amide bonds. The highest BCUT2D eigenvalue weighted by Gasteiger charge is 2.40. The van der Waals surface area contributed by atoms with Gasteiger partial charge in [0, 0.05) is 37.9 Å². The number of methoxy groups -OCH3 is 1. The topological polar surface area (TPSA) is 476 Å². The van der Waals surface area contributed by atoms with Crippen molar-refractivity contribution in [2.75, 3.05) is 44.8 Å². The fraction of sp³-hybridized carbons (Fsp3) is 0.578. The van der Waals surface area contributed by atoms with Gasteiger partial charge in [0.25, 0.3) is 0 Å². The van der Waals surface area contributed by atoms with Crippen LogP contribution in [0.15, 0.2) is 29.3 Å². The van der Waals surface area contributed by atoms with E-state index in [0.29, 0.717) is 30.6 Å². The van der Waals surface area contributed by atoms with Gasteiger partial charge >= 0.3 is 5.97 Å². The minimum Gasteiger partial charge on any atom is -0.497 e. The van der Waals surface area contributed by atoms with Crippen LogP contribution in [0.5, 0.6) is 5.75 Å². The molecule has 2 aliphatic heterocycles. The van der Waals surface area contributed by atoms with Gasteiger partial charge in [0.15, 0.2) is 5.96 Å². The molecule has 0 aromatic heterocycles. The highest BCUT2D eigenvalue weighted by atomic mass is 33.1. The molecule has 2 aliphatic rings. The number of nitrogens with two attached hydrogens (primary N) is 5. The van der Waals surface area contributed by atoms with Gasteiger partial charge in [-0.2, -0.15) is 0 Å². The molecule has 3 rings (SSSR count). The summed E-state index contributed by atoms with van der Waals surface area (Å²) in [7, 11) is 3.31. The number of aliphatic carboxylic acids is 1. The molecule has 76 heavy (non-hydrogen) atoms. The number of nitrogens with zero attached hydrogens (tertiary/aromatic N) is 2. The summed E-state index contributed by atoms with van der Waals surface area (Å²) in [6, 6.07) is -5.54. The maximum absolute atomic E-state index is 14.3. The summed E-state index contributed by atoms with van der Waals surface area (Å²) in [6.07, 6.45) is -0.938. The van der Waals surface area contributed by atoms with Crippen molar-refractivity contribution in [2.24, 2.45) is 33.7 Å². The van der Waals surface area contributed by atoms with Crippen LogP contribution >= 0.6 is 21.6 Å². The number of fused-ring (bicyclic) bond motifs is 1. The van der Waals surface area contributed by atoms with E-state index >= 15 is 0 Å². The van der Waals surface area contributed by atoms with Gasteiger partial charge in [0.1, 0.15) is 54.1 Å². The predicted molar refractivity (Wildman–Crippen MR) is 277 cm³/mol. The Bertz CT molecular complexity index is 2290. The van der Waals surface area contributed by atoms with E-state index < -0.39 is 139 Å². The SMILES string of the molecule is COc1ccc(C[C@@H]2NC(=O)[C@@H](CC(=O)O)NC(=O)CNC(=O)[C@@H](CCCCN)NC(=O)[C@@H]3CCCN3C(=O)[C@@H](CC(N)=O)NC(=O)[C@H](NC(C)=O)CSSC[C@H](C(N)=O)NC(=O)[C@@H](CCCN=C(N)N)NC2=O)cc1.